The first-order valence-corrected chi connectivity index (χ1v) is 9.59. The maximum atomic E-state index is 11.9. The van der Waals surface area contributed by atoms with Gasteiger partial charge in [-0.05, 0) is 24.3 Å². The monoisotopic (exact) mass is 416 g/mol. The number of carbonyl (C=O) groups is 1. The highest BCUT2D eigenvalue weighted by Gasteiger charge is 2.23. The number of thioether (sulfide) groups is 1. The summed E-state index contributed by atoms with van der Waals surface area (Å²) in [6.07, 6.45) is 2.17. The molecule has 0 aromatic heterocycles. The summed E-state index contributed by atoms with van der Waals surface area (Å²) < 4.78 is 11.7. The molecule has 0 aliphatic carbocycles. The summed E-state index contributed by atoms with van der Waals surface area (Å²) in [4.78, 5) is 22.8. The molecule has 9 heteroatoms. The molecule has 0 unspecified atom stereocenters. The number of benzene rings is 2. The van der Waals surface area contributed by atoms with E-state index >= 15 is 0 Å². The lowest BCUT2D eigenvalue weighted by atomic mass is 10.1. The van der Waals surface area contributed by atoms with Crippen molar-refractivity contribution in [1.82, 2.24) is 5.32 Å². The number of hydrogen-bond donors (Lipinski definition) is 1. The summed E-state index contributed by atoms with van der Waals surface area (Å²) in [6.45, 7) is 0.832. The van der Waals surface area contributed by atoms with Crippen LogP contribution < -0.4 is 14.8 Å². The van der Waals surface area contributed by atoms with Gasteiger partial charge in [0.1, 0.15) is 15.8 Å². The van der Waals surface area contributed by atoms with Crippen LogP contribution in [-0.2, 0) is 4.79 Å². The SMILES string of the molecule is O=C1NC(=S)S/C1=C\c1cc([N+](=O)[O-])ccc1OCCCOc1ccccc1. The van der Waals surface area contributed by atoms with Gasteiger partial charge < -0.3 is 14.8 Å². The van der Waals surface area contributed by atoms with Gasteiger partial charge in [0, 0.05) is 24.1 Å². The fourth-order valence-corrected chi connectivity index (χ4v) is 3.44. The highest BCUT2D eigenvalue weighted by Crippen LogP contribution is 2.31. The van der Waals surface area contributed by atoms with Crippen LogP contribution in [0.2, 0.25) is 0 Å². The molecule has 1 heterocycles. The Morgan fingerprint density at radius 3 is 2.57 bits per heavy atom. The minimum absolute atomic E-state index is 0.0856. The first-order chi connectivity index (χ1) is 13.5. The second-order valence-electron chi connectivity index (χ2n) is 5.70. The Morgan fingerprint density at radius 2 is 1.89 bits per heavy atom. The number of nitro groups is 1. The highest BCUT2D eigenvalue weighted by molar-refractivity contribution is 8.26. The molecule has 1 aliphatic heterocycles. The van der Waals surface area contributed by atoms with E-state index in [-0.39, 0.29) is 11.6 Å². The molecule has 0 bridgehead atoms. The van der Waals surface area contributed by atoms with Crippen LogP contribution in [0, 0.1) is 10.1 Å². The van der Waals surface area contributed by atoms with Crippen molar-refractivity contribution in [2.24, 2.45) is 0 Å². The number of rotatable bonds is 8. The van der Waals surface area contributed by atoms with Crippen LogP contribution in [0.15, 0.2) is 53.4 Å². The summed E-state index contributed by atoms with van der Waals surface area (Å²) in [5.74, 6) is 0.899. The highest BCUT2D eigenvalue weighted by atomic mass is 32.2. The van der Waals surface area contributed by atoms with Crippen LogP contribution in [0.25, 0.3) is 6.08 Å². The number of nitrogens with zero attached hydrogens (tertiary/aromatic N) is 1. The number of non-ortho nitro benzene ring substituents is 1. The minimum atomic E-state index is -0.494. The third-order valence-corrected chi connectivity index (χ3v) is 4.85. The third-order valence-electron chi connectivity index (χ3n) is 3.69. The summed E-state index contributed by atoms with van der Waals surface area (Å²) >= 11 is 6.07. The van der Waals surface area contributed by atoms with Crippen LogP contribution in [0.1, 0.15) is 12.0 Å². The van der Waals surface area contributed by atoms with Crippen molar-refractivity contribution in [1.29, 1.82) is 0 Å². The number of nitrogens with one attached hydrogen (secondary N) is 1. The predicted octanol–water partition coefficient (Wildman–Crippen LogP) is 3.93. The zero-order valence-corrected chi connectivity index (χ0v) is 16.3. The molecular weight excluding hydrogens is 400 g/mol. The van der Waals surface area contributed by atoms with Crippen molar-refractivity contribution >= 4 is 46.0 Å². The van der Waals surface area contributed by atoms with Crippen LogP contribution >= 0.6 is 24.0 Å². The van der Waals surface area contributed by atoms with Gasteiger partial charge in [-0.1, -0.05) is 42.2 Å². The number of hydrogen-bond acceptors (Lipinski definition) is 7. The van der Waals surface area contributed by atoms with E-state index in [0.29, 0.717) is 40.2 Å². The van der Waals surface area contributed by atoms with Crippen molar-refractivity contribution in [3.05, 3.63) is 69.1 Å². The zero-order valence-electron chi connectivity index (χ0n) is 14.6. The summed E-state index contributed by atoms with van der Waals surface area (Å²) in [5, 5.41) is 13.6. The molecular formula is C19H16N2O5S2. The average molecular weight is 416 g/mol. The molecule has 7 nitrogen and oxygen atoms in total. The molecule has 2 aromatic carbocycles. The van der Waals surface area contributed by atoms with E-state index in [1.807, 2.05) is 30.3 Å². The van der Waals surface area contributed by atoms with Gasteiger partial charge in [-0.3, -0.25) is 14.9 Å². The number of amides is 1. The number of ether oxygens (including phenoxy) is 2. The lowest BCUT2D eigenvalue weighted by Gasteiger charge is -2.10. The molecule has 1 fully saturated rings. The molecule has 3 rings (SSSR count). The Morgan fingerprint density at radius 1 is 1.14 bits per heavy atom. The van der Waals surface area contributed by atoms with Crippen molar-refractivity contribution in [2.75, 3.05) is 13.2 Å². The fourth-order valence-electron chi connectivity index (χ4n) is 2.40. The maximum Gasteiger partial charge on any atom is 0.270 e. The van der Waals surface area contributed by atoms with Crippen LogP contribution in [0.5, 0.6) is 11.5 Å². The van der Waals surface area contributed by atoms with E-state index in [1.165, 1.54) is 18.2 Å². The molecule has 1 N–H and O–H groups in total. The van der Waals surface area contributed by atoms with Gasteiger partial charge in [-0.2, -0.15) is 0 Å². The molecule has 28 heavy (non-hydrogen) atoms. The number of carbonyl (C=O) groups excluding carboxylic acids is 1. The fraction of sp³-hybridized carbons (Fsp3) is 0.158. The first kappa shape index (κ1) is 19.8. The van der Waals surface area contributed by atoms with Gasteiger partial charge in [-0.15, -0.1) is 0 Å². The third kappa shape index (κ3) is 5.30. The maximum absolute atomic E-state index is 11.9. The van der Waals surface area contributed by atoms with E-state index in [1.54, 1.807) is 6.08 Å². The first-order valence-electron chi connectivity index (χ1n) is 8.37. The molecule has 0 spiro atoms. The predicted molar refractivity (Wildman–Crippen MR) is 111 cm³/mol. The van der Waals surface area contributed by atoms with E-state index in [9.17, 15) is 14.9 Å². The van der Waals surface area contributed by atoms with Crippen molar-refractivity contribution in [3.8, 4) is 11.5 Å². The van der Waals surface area contributed by atoms with Crippen LogP contribution in [0.4, 0.5) is 5.69 Å². The standard InChI is InChI=1S/C19H16N2O5S2/c22-18-17(28-19(27)20-18)12-13-11-14(21(23)24)7-8-16(13)26-10-4-9-25-15-5-2-1-3-6-15/h1-3,5-8,11-12H,4,9-10H2,(H,20,22,27)/b17-12-. The van der Waals surface area contributed by atoms with Gasteiger partial charge in [-0.25, -0.2) is 0 Å². The van der Waals surface area contributed by atoms with Crippen molar-refractivity contribution in [2.45, 2.75) is 6.42 Å². The molecule has 1 saturated heterocycles. The largest absolute Gasteiger partial charge is 0.493 e. The summed E-state index contributed by atoms with van der Waals surface area (Å²) in [5.41, 5.74) is 0.359. The minimum Gasteiger partial charge on any atom is -0.493 e. The second kappa shape index (κ2) is 9.34. The quantitative estimate of drug-likeness (QED) is 0.229. The van der Waals surface area contributed by atoms with E-state index in [4.69, 9.17) is 21.7 Å². The Balaban J connectivity index is 1.66. The van der Waals surface area contributed by atoms with Gasteiger partial charge in [0.2, 0.25) is 0 Å². The Labute approximate surface area is 170 Å². The lowest BCUT2D eigenvalue weighted by molar-refractivity contribution is -0.384. The number of para-hydroxylation sites is 1. The average Bonchev–Trinajstić information content (AvgIpc) is 3.00. The summed E-state index contributed by atoms with van der Waals surface area (Å²) in [6, 6.07) is 13.7. The molecule has 0 saturated carbocycles. The van der Waals surface area contributed by atoms with Gasteiger partial charge in [0.25, 0.3) is 11.6 Å². The van der Waals surface area contributed by atoms with Gasteiger partial charge in [0.15, 0.2) is 0 Å². The van der Waals surface area contributed by atoms with Crippen molar-refractivity contribution < 1.29 is 19.2 Å². The smallest absolute Gasteiger partial charge is 0.270 e. The molecule has 0 atom stereocenters. The normalized spacial score (nSPS) is 14.8. The van der Waals surface area contributed by atoms with Crippen LogP contribution in [0.3, 0.4) is 0 Å². The van der Waals surface area contributed by atoms with E-state index in [0.717, 1.165) is 17.5 Å². The second-order valence-corrected chi connectivity index (χ2v) is 7.41. The zero-order chi connectivity index (χ0) is 19.9. The van der Waals surface area contributed by atoms with Crippen molar-refractivity contribution in [3.63, 3.8) is 0 Å². The van der Waals surface area contributed by atoms with E-state index in [2.05, 4.69) is 5.32 Å². The Bertz CT molecular complexity index is 931. The molecule has 2 aromatic rings. The molecule has 144 valence electrons. The molecule has 1 aliphatic rings. The van der Waals surface area contributed by atoms with Crippen LogP contribution in [-0.4, -0.2) is 28.4 Å². The Kier molecular flexibility index (Phi) is 6.62. The molecule has 0 radical (unpaired) electrons. The number of thiocarbonyl (C=S) groups is 1. The molecule has 1 amide bonds. The van der Waals surface area contributed by atoms with Gasteiger partial charge in [0.05, 0.1) is 23.0 Å². The van der Waals surface area contributed by atoms with Gasteiger partial charge >= 0.3 is 0 Å². The lowest BCUT2D eigenvalue weighted by Crippen LogP contribution is -2.17. The topological polar surface area (TPSA) is 90.7 Å². The number of nitro benzene ring substituents is 1. The van der Waals surface area contributed by atoms with E-state index < -0.39 is 4.92 Å². The summed E-state index contributed by atoms with van der Waals surface area (Å²) in [7, 11) is 0. The Hall–Kier alpha value is -2.91.